The number of nitrogens with one attached hydrogen (secondary N) is 1. The maximum absolute atomic E-state index is 9.96. The van der Waals surface area contributed by atoms with Gasteiger partial charge >= 0.3 is 0 Å². The topological polar surface area (TPSA) is 52.5 Å². The van der Waals surface area contributed by atoms with Crippen molar-refractivity contribution in [1.82, 2.24) is 5.32 Å². The molecule has 0 fully saturated rings. The Morgan fingerprint density at radius 3 is 2.35 bits per heavy atom. The Balaban J connectivity index is 2.58. The van der Waals surface area contributed by atoms with Crippen LogP contribution in [0.5, 0.6) is 0 Å². The molecule has 3 N–H and O–H groups in total. The highest BCUT2D eigenvalue weighted by atomic mass is 16.3. The van der Waals surface area contributed by atoms with E-state index in [0.717, 1.165) is 18.4 Å². The molecule has 0 aliphatic heterocycles. The van der Waals surface area contributed by atoms with Crippen molar-refractivity contribution >= 4 is 0 Å². The van der Waals surface area contributed by atoms with Crippen LogP contribution in [0.3, 0.4) is 0 Å². The highest BCUT2D eigenvalue weighted by molar-refractivity contribution is 5.24. The van der Waals surface area contributed by atoms with E-state index in [2.05, 4.69) is 12.2 Å². The molecule has 0 spiro atoms. The second kappa shape index (κ2) is 7.43. The van der Waals surface area contributed by atoms with Crippen molar-refractivity contribution in [3.63, 3.8) is 0 Å². The first-order valence-corrected chi connectivity index (χ1v) is 6.28. The summed E-state index contributed by atoms with van der Waals surface area (Å²) in [5.41, 5.74) is 2.06. The third kappa shape index (κ3) is 4.46. The van der Waals surface area contributed by atoms with Crippen molar-refractivity contribution in [1.29, 1.82) is 0 Å². The second-order valence-electron chi connectivity index (χ2n) is 4.40. The lowest BCUT2D eigenvalue weighted by atomic mass is 10.00. The summed E-state index contributed by atoms with van der Waals surface area (Å²) in [4.78, 5) is 0. The van der Waals surface area contributed by atoms with Gasteiger partial charge in [0.15, 0.2) is 0 Å². The predicted octanol–water partition coefficient (Wildman–Crippen LogP) is 1.64. The van der Waals surface area contributed by atoms with Gasteiger partial charge in [0.25, 0.3) is 0 Å². The van der Waals surface area contributed by atoms with E-state index in [-0.39, 0.29) is 0 Å². The summed E-state index contributed by atoms with van der Waals surface area (Å²) in [6, 6.07) is 7.84. The minimum atomic E-state index is -0.793. The molecule has 0 radical (unpaired) electrons. The first kappa shape index (κ1) is 14.2. The molecule has 0 aliphatic rings. The monoisotopic (exact) mass is 237 g/mol. The number of aryl methyl sites for hydroxylation is 1. The Bertz CT molecular complexity index is 311. The van der Waals surface area contributed by atoms with Crippen LogP contribution in [0.2, 0.25) is 0 Å². The second-order valence-corrected chi connectivity index (χ2v) is 4.40. The number of benzene rings is 1. The van der Waals surface area contributed by atoms with Crippen LogP contribution in [0.15, 0.2) is 24.3 Å². The lowest BCUT2D eigenvalue weighted by molar-refractivity contribution is 0.0140. The van der Waals surface area contributed by atoms with Crippen molar-refractivity contribution < 1.29 is 10.2 Å². The Kier molecular flexibility index (Phi) is 6.19. The molecule has 0 bridgehead atoms. The van der Waals surface area contributed by atoms with Crippen LogP contribution in [0, 0.1) is 0 Å². The summed E-state index contributed by atoms with van der Waals surface area (Å²) < 4.78 is 0. The van der Waals surface area contributed by atoms with E-state index >= 15 is 0 Å². The molecule has 0 heterocycles. The zero-order valence-electron chi connectivity index (χ0n) is 10.7. The Morgan fingerprint density at radius 2 is 1.82 bits per heavy atom. The van der Waals surface area contributed by atoms with Crippen molar-refractivity contribution in [2.45, 2.75) is 38.4 Å². The number of aliphatic hydroxyl groups is 2. The molecular weight excluding hydrogens is 214 g/mol. The molecule has 0 aromatic heterocycles. The van der Waals surface area contributed by atoms with Gasteiger partial charge in [-0.2, -0.15) is 0 Å². The van der Waals surface area contributed by atoms with Gasteiger partial charge in [0.05, 0.1) is 6.10 Å². The number of rotatable bonds is 7. The average Bonchev–Trinajstić information content (AvgIpc) is 2.36. The molecule has 0 amide bonds. The van der Waals surface area contributed by atoms with Gasteiger partial charge in [0, 0.05) is 0 Å². The Morgan fingerprint density at radius 1 is 1.18 bits per heavy atom. The SMILES string of the molecule is CCCc1ccc(C(O)C(O)CCNC)cc1. The zero-order valence-corrected chi connectivity index (χ0v) is 10.7. The van der Waals surface area contributed by atoms with Crippen molar-refractivity contribution in [2.24, 2.45) is 0 Å². The molecule has 3 heteroatoms. The molecule has 3 nitrogen and oxygen atoms in total. The number of hydrogen-bond acceptors (Lipinski definition) is 3. The van der Waals surface area contributed by atoms with E-state index in [1.54, 1.807) is 0 Å². The third-order valence-electron chi connectivity index (χ3n) is 2.91. The number of aliphatic hydroxyl groups excluding tert-OH is 2. The summed E-state index contributed by atoms with van der Waals surface area (Å²) in [6.07, 6.45) is 1.22. The van der Waals surface area contributed by atoms with Crippen LogP contribution in [0.1, 0.15) is 37.0 Å². The molecule has 96 valence electrons. The first-order chi connectivity index (χ1) is 8.19. The molecule has 0 saturated heterocycles. The fraction of sp³-hybridized carbons (Fsp3) is 0.571. The van der Waals surface area contributed by atoms with Gasteiger partial charge in [-0.25, -0.2) is 0 Å². The summed E-state index contributed by atoms with van der Waals surface area (Å²) in [5, 5.41) is 22.7. The van der Waals surface area contributed by atoms with Crippen LogP contribution in [-0.2, 0) is 6.42 Å². The van der Waals surface area contributed by atoms with Crippen molar-refractivity contribution in [2.75, 3.05) is 13.6 Å². The molecular formula is C14H23NO2. The summed E-state index contributed by atoms with van der Waals surface area (Å²) in [7, 11) is 1.83. The maximum atomic E-state index is 9.96. The van der Waals surface area contributed by atoms with Gasteiger partial charge in [-0.1, -0.05) is 37.6 Å². The van der Waals surface area contributed by atoms with Crippen LogP contribution in [-0.4, -0.2) is 29.9 Å². The highest BCUT2D eigenvalue weighted by Gasteiger charge is 2.17. The number of hydrogen-bond donors (Lipinski definition) is 3. The van der Waals surface area contributed by atoms with E-state index in [1.807, 2.05) is 31.3 Å². The quantitative estimate of drug-likeness (QED) is 0.676. The predicted molar refractivity (Wildman–Crippen MR) is 69.9 cm³/mol. The van der Waals surface area contributed by atoms with E-state index < -0.39 is 12.2 Å². The molecule has 1 rings (SSSR count). The van der Waals surface area contributed by atoms with E-state index in [4.69, 9.17) is 0 Å². The lowest BCUT2D eigenvalue weighted by Gasteiger charge is -2.18. The zero-order chi connectivity index (χ0) is 12.7. The van der Waals surface area contributed by atoms with Gasteiger partial charge in [-0.15, -0.1) is 0 Å². The standard InChI is InChI=1S/C14H23NO2/c1-3-4-11-5-7-12(8-6-11)14(17)13(16)9-10-15-2/h5-8,13-17H,3-4,9-10H2,1-2H3. The molecule has 2 unspecified atom stereocenters. The minimum Gasteiger partial charge on any atom is -0.390 e. The van der Waals surface area contributed by atoms with Gasteiger partial charge in [-0.05, 0) is 37.6 Å². The molecule has 0 aliphatic carbocycles. The Labute approximate surface area is 103 Å². The normalized spacial score (nSPS) is 14.6. The van der Waals surface area contributed by atoms with Crippen molar-refractivity contribution in [3.8, 4) is 0 Å². The summed E-state index contributed by atoms with van der Waals surface area (Å²) in [5.74, 6) is 0. The molecule has 0 saturated carbocycles. The van der Waals surface area contributed by atoms with Gasteiger partial charge < -0.3 is 15.5 Å². The fourth-order valence-corrected chi connectivity index (χ4v) is 1.84. The lowest BCUT2D eigenvalue weighted by Crippen LogP contribution is -2.23. The first-order valence-electron chi connectivity index (χ1n) is 6.28. The van der Waals surface area contributed by atoms with E-state index in [9.17, 15) is 10.2 Å². The summed E-state index contributed by atoms with van der Waals surface area (Å²) >= 11 is 0. The van der Waals surface area contributed by atoms with Crippen LogP contribution in [0.4, 0.5) is 0 Å². The largest absolute Gasteiger partial charge is 0.390 e. The molecule has 1 aromatic rings. The van der Waals surface area contributed by atoms with Gasteiger partial charge in [0.1, 0.15) is 6.10 Å². The van der Waals surface area contributed by atoms with E-state index in [1.165, 1.54) is 5.56 Å². The van der Waals surface area contributed by atoms with Gasteiger partial charge in [-0.3, -0.25) is 0 Å². The molecule has 1 aromatic carbocycles. The van der Waals surface area contributed by atoms with Gasteiger partial charge in [0.2, 0.25) is 0 Å². The van der Waals surface area contributed by atoms with E-state index in [0.29, 0.717) is 13.0 Å². The smallest absolute Gasteiger partial charge is 0.105 e. The maximum Gasteiger partial charge on any atom is 0.105 e. The van der Waals surface area contributed by atoms with Crippen LogP contribution in [0.25, 0.3) is 0 Å². The molecule has 2 atom stereocenters. The van der Waals surface area contributed by atoms with Crippen molar-refractivity contribution in [3.05, 3.63) is 35.4 Å². The summed E-state index contributed by atoms with van der Waals surface area (Å²) in [6.45, 7) is 2.84. The molecule has 17 heavy (non-hydrogen) atoms. The minimum absolute atomic E-state index is 0.550. The third-order valence-corrected chi connectivity index (χ3v) is 2.91. The van der Waals surface area contributed by atoms with Crippen LogP contribution < -0.4 is 5.32 Å². The van der Waals surface area contributed by atoms with Crippen LogP contribution >= 0.6 is 0 Å². The highest BCUT2D eigenvalue weighted by Crippen LogP contribution is 2.19. The fourth-order valence-electron chi connectivity index (χ4n) is 1.84. The average molecular weight is 237 g/mol. The Hall–Kier alpha value is -0.900.